The van der Waals surface area contributed by atoms with E-state index >= 15 is 0 Å². The van der Waals surface area contributed by atoms with Crippen molar-refractivity contribution in [2.24, 2.45) is 0 Å². The molecular weight excluding hydrogens is 355 g/mol. The van der Waals surface area contributed by atoms with Gasteiger partial charge >= 0.3 is 0 Å². The fourth-order valence-corrected chi connectivity index (χ4v) is 2.52. The number of amides is 1. The molecule has 5 nitrogen and oxygen atoms in total. The largest absolute Gasteiger partial charge is 0.324 e. The van der Waals surface area contributed by atoms with Crippen LogP contribution in [0, 0.1) is 19.7 Å². The van der Waals surface area contributed by atoms with E-state index < -0.39 is 5.82 Å². The number of para-hydroxylation sites is 1. The maximum atomic E-state index is 13.3. The number of benzene rings is 2. The van der Waals surface area contributed by atoms with Crippen LogP contribution < -0.4 is 10.6 Å². The number of nitrogens with one attached hydrogen (secondary N) is 2. The normalized spacial score (nSPS) is 10.5. The molecule has 0 saturated heterocycles. The van der Waals surface area contributed by atoms with Crippen LogP contribution in [0.4, 0.5) is 21.7 Å². The molecule has 3 aromatic rings. The molecule has 2 aromatic carbocycles. The van der Waals surface area contributed by atoms with E-state index in [9.17, 15) is 9.18 Å². The minimum absolute atomic E-state index is 0.0137. The van der Waals surface area contributed by atoms with Crippen molar-refractivity contribution in [3.05, 3.63) is 76.3 Å². The van der Waals surface area contributed by atoms with Crippen molar-refractivity contribution in [2.75, 3.05) is 10.6 Å². The van der Waals surface area contributed by atoms with Crippen LogP contribution in [0.1, 0.15) is 21.7 Å². The number of aryl methyl sites for hydroxylation is 2. The van der Waals surface area contributed by atoms with Crippen LogP contribution >= 0.6 is 11.6 Å². The van der Waals surface area contributed by atoms with E-state index in [4.69, 9.17) is 11.6 Å². The minimum atomic E-state index is -0.513. The fraction of sp³-hybridized carbons (Fsp3) is 0.105. The summed E-state index contributed by atoms with van der Waals surface area (Å²) in [6, 6.07) is 13.3. The number of anilines is 3. The van der Waals surface area contributed by atoms with Crippen LogP contribution in [-0.2, 0) is 0 Å². The number of hydrogen-bond acceptors (Lipinski definition) is 4. The first-order valence-electron chi connectivity index (χ1n) is 7.87. The summed E-state index contributed by atoms with van der Waals surface area (Å²) in [5.41, 5.74) is 3.02. The summed E-state index contributed by atoms with van der Waals surface area (Å²) in [7, 11) is 0. The zero-order chi connectivity index (χ0) is 18.7. The molecule has 1 amide bonds. The van der Waals surface area contributed by atoms with Crippen LogP contribution in [0.5, 0.6) is 0 Å². The van der Waals surface area contributed by atoms with Crippen LogP contribution in [0.2, 0.25) is 5.02 Å². The molecular formula is C19H16ClFN4O. The zero-order valence-corrected chi connectivity index (χ0v) is 14.9. The second-order valence-corrected chi connectivity index (χ2v) is 6.15. The molecule has 0 unspecified atom stereocenters. The molecule has 132 valence electrons. The molecule has 0 fully saturated rings. The molecule has 1 aromatic heterocycles. The monoisotopic (exact) mass is 370 g/mol. The second kappa shape index (κ2) is 7.49. The highest BCUT2D eigenvalue weighted by Gasteiger charge is 2.12. The van der Waals surface area contributed by atoms with E-state index in [1.807, 2.05) is 31.2 Å². The lowest BCUT2D eigenvalue weighted by molar-refractivity contribution is 0.102. The number of halogens is 2. The molecule has 0 aliphatic rings. The lowest BCUT2D eigenvalue weighted by Gasteiger charge is -2.10. The smallest absolute Gasteiger partial charge is 0.274 e. The van der Waals surface area contributed by atoms with E-state index in [0.717, 1.165) is 5.56 Å². The van der Waals surface area contributed by atoms with Gasteiger partial charge in [-0.1, -0.05) is 29.8 Å². The Hall–Kier alpha value is -2.99. The highest BCUT2D eigenvalue weighted by Crippen LogP contribution is 2.22. The van der Waals surface area contributed by atoms with Crippen molar-refractivity contribution in [3.8, 4) is 0 Å². The van der Waals surface area contributed by atoms with Crippen LogP contribution in [-0.4, -0.2) is 15.9 Å². The van der Waals surface area contributed by atoms with Gasteiger partial charge in [0.05, 0.1) is 5.02 Å². The Labute approximate surface area is 155 Å². The maximum Gasteiger partial charge on any atom is 0.274 e. The maximum absolute atomic E-state index is 13.3. The van der Waals surface area contributed by atoms with Gasteiger partial charge in [-0.15, -0.1) is 0 Å². The molecule has 0 saturated carbocycles. The first-order chi connectivity index (χ1) is 12.4. The van der Waals surface area contributed by atoms with Gasteiger partial charge in [0.2, 0.25) is 5.95 Å². The molecule has 0 aliphatic heterocycles. The fourth-order valence-electron chi connectivity index (χ4n) is 2.34. The Bertz CT molecular complexity index is 978. The number of nitrogens with zero attached hydrogens (tertiary/aromatic N) is 2. The van der Waals surface area contributed by atoms with Crippen molar-refractivity contribution >= 4 is 34.8 Å². The number of hydrogen-bond donors (Lipinski definition) is 2. The molecule has 3 rings (SSSR count). The second-order valence-electron chi connectivity index (χ2n) is 5.74. The molecule has 0 bridgehead atoms. The van der Waals surface area contributed by atoms with Gasteiger partial charge in [0.15, 0.2) is 0 Å². The Morgan fingerprint density at radius 1 is 1.08 bits per heavy atom. The number of aromatic nitrogens is 2. The lowest BCUT2D eigenvalue weighted by Crippen LogP contribution is -2.16. The highest BCUT2D eigenvalue weighted by atomic mass is 35.5. The van der Waals surface area contributed by atoms with E-state index in [0.29, 0.717) is 17.1 Å². The summed E-state index contributed by atoms with van der Waals surface area (Å²) >= 11 is 5.78. The number of carbonyl (C=O) groups is 1. The minimum Gasteiger partial charge on any atom is -0.324 e. The molecule has 2 N–H and O–H groups in total. The first kappa shape index (κ1) is 17.8. The van der Waals surface area contributed by atoms with Gasteiger partial charge < -0.3 is 10.6 Å². The van der Waals surface area contributed by atoms with E-state index in [-0.39, 0.29) is 22.6 Å². The third kappa shape index (κ3) is 4.15. The van der Waals surface area contributed by atoms with Gasteiger partial charge in [-0.3, -0.25) is 4.79 Å². The van der Waals surface area contributed by atoms with E-state index in [1.54, 1.807) is 13.0 Å². The summed E-state index contributed by atoms with van der Waals surface area (Å²) < 4.78 is 13.3. The highest BCUT2D eigenvalue weighted by molar-refractivity contribution is 6.31. The lowest BCUT2D eigenvalue weighted by atomic mass is 10.2. The summed E-state index contributed by atoms with van der Waals surface area (Å²) in [5, 5.41) is 5.75. The predicted molar refractivity (Wildman–Crippen MR) is 101 cm³/mol. The topological polar surface area (TPSA) is 66.9 Å². The SMILES string of the molecule is Cc1cc(C(=O)Nc2ccccc2C)nc(Nc2ccc(F)c(Cl)c2)n1. The third-order valence-electron chi connectivity index (χ3n) is 3.66. The van der Waals surface area contributed by atoms with Crippen molar-refractivity contribution in [1.82, 2.24) is 9.97 Å². The van der Waals surface area contributed by atoms with Gasteiger partial charge in [-0.05, 0) is 49.7 Å². The van der Waals surface area contributed by atoms with Crippen LogP contribution in [0.15, 0.2) is 48.5 Å². The molecule has 0 aliphatic carbocycles. The van der Waals surface area contributed by atoms with Gasteiger partial charge in [0, 0.05) is 17.1 Å². The average molecular weight is 371 g/mol. The molecule has 0 radical (unpaired) electrons. The van der Waals surface area contributed by atoms with Crippen molar-refractivity contribution in [3.63, 3.8) is 0 Å². The summed E-state index contributed by atoms with van der Waals surface area (Å²) in [5.74, 6) is -0.631. The molecule has 0 spiro atoms. The van der Waals surface area contributed by atoms with E-state index in [1.165, 1.54) is 18.2 Å². The van der Waals surface area contributed by atoms with Crippen molar-refractivity contribution in [2.45, 2.75) is 13.8 Å². The van der Waals surface area contributed by atoms with Crippen molar-refractivity contribution < 1.29 is 9.18 Å². The molecule has 1 heterocycles. The van der Waals surface area contributed by atoms with Crippen molar-refractivity contribution in [1.29, 1.82) is 0 Å². The Morgan fingerprint density at radius 2 is 1.85 bits per heavy atom. The zero-order valence-electron chi connectivity index (χ0n) is 14.2. The van der Waals surface area contributed by atoms with Gasteiger partial charge in [0.1, 0.15) is 11.5 Å². The molecule has 26 heavy (non-hydrogen) atoms. The van der Waals surface area contributed by atoms with E-state index in [2.05, 4.69) is 20.6 Å². The average Bonchev–Trinajstić information content (AvgIpc) is 2.59. The predicted octanol–water partition coefficient (Wildman–Crippen LogP) is 4.88. The third-order valence-corrected chi connectivity index (χ3v) is 3.95. The standard InChI is InChI=1S/C19H16ClFN4O/c1-11-5-3-4-6-16(11)24-18(26)17-9-12(2)22-19(25-17)23-13-7-8-15(21)14(20)10-13/h3-10H,1-2H3,(H,24,26)(H,22,23,25). The van der Waals surface area contributed by atoms with Crippen LogP contribution in [0.3, 0.4) is 0 Å². The number of rotatable bonds is 4. The Balaban J connectivity index is 1.84. The summed E-state index contributed by atoms with van der Waals surface area (Å²) in [6.45, 7) is 3.67. The first-order valence-corrected chi connectivity index (χ1v) is 8.25. The van der Waals surface area contributed by atoms with Gasteiger partial charge in [0.25, 0.3) is 5.91 Å². The quantitative estimate of drug-likeness (QED) is 0.686. The summed E-state index contributed by atoms with van der Waals surface area (Å²) in [4.78, 5) is 21.0. The molecule has 7 heteroatoms. The Kier molecular flexibility index (Phi) is 5.14. The summed E-state index contributed by atoms with van der Waals surface area (Å²) in [6.07, 6.45) is 0. The Morgan fingerprint density at radius 3 is 2.58 bits per heavy atom. The van der Waals surface area contributed by atoms with Gasteiger partial charge in [-0.2, -0.15) is 0 Å². The number of carbonyl (C=O) groups excluding carboxylic acids is 1. The molecule has 0 atom stereocenters. The van der Waals surface area contributed by atoms with Crippen LogP contribution in [0.25, 0.3) is 0 Å². The van der Waals surface area contributed by atoms with Gasteiger partial charge in [-0.25, -0.2) is 14.4 Å².